The first kappa shape index (κ1) is 62.2. The molecule has 0 saturated carbocycles. The summed E-state index contributed by atoms with van der Waals surface area (Å²) in [6.45, 7) is 44.9. The molecule has 428 valence electrons. The summed E-state index contributed by atoms with van der Waals surface area (Å²) in [6.07, 6.45) is 20.3. The zero-order valence-corrected chi connectivity index (χ0v) is 53.4. The molecule has 1 aromatic heterocycles. The van der Waals surface area contributed by atoms with E-state index in [2.05, 4.69) is 311 Å². The van der Waals surface area contributed by atoms with Crippen molar-refractivity contribution in [2.45, 2.75) is 185 Å². The van der Waals surface area contributed by atoms with E-state index in [-0.39, 0.29) is 39.8 Å². The predicted octanol–water partition coefficient (Wildman–Crippen LogP) is 19.6. The van der Waals surface area contributed by atoms with E-state index in [0.29, 0.717) is 25.4 Å². The standard InChI is InChI=1S/C76H100BN3O/c1-20-23-25-31-47-80(68-36-30-29-35-64(68)76(17,18)19)60-51-66(78-46-45-63(75(14,15)16)62(22-3)74(11,12)13)71(67(52-60)79-65-43-39-58(73(8,9)10)50-61(65)55-33-27-26-28-34-55)77(59-41-37-54(38-42-59)53(4)32-24-21-2)70-49-56-48-57(72(5,6)7)40-44-69(56)81-70/h20,22-23,25-31,33-45,48-51,53,67,78-79H,21,24,32,46-47,52H2,1-19H3/b23-20-,31-25-,62-22+,63-45+. The van der Waals surface area contributed by atoms with Crippen molar-refractivity contribution in [1.29, 1.82) is 0 Å². The summed E-state index contributed by atoms with van der Waals surface area (Å²) < 4.78 is 7.32. The number of fused-ring (bicyclic) bond motifs is 1. The second-order valence-electron chi connectivity index (χ2n) is 28.1. The van der Waals surface area contributed by atoms with Crippen LogP contribution in [0.1, 0.15) is 185 Å². The van der Waals surface area contributed by atoms with Gasteiger partial charge < -0.3 is 20.0 Å². The summed E-state index contributed by atoms with van der Waals surface area (Å²) in [4.78, 5) is 2.58. The molecule has 1 aliphatic carbocycles. The highest BCUT2D eigenvalue weighted by molar-refractivity contribution is 6.90. The number of hydrogen-bond acceptors (Lipinski definition) is 4. The molecule has 1 heterocycles. The van der Waals surface area contributed by atoms with Crippen molar-refractivity contribution in [2.24, 2.45) is 10.8 Å². The van der Waals surface area contributed by atoms with Gasteiger partial charge in [0, 0.05) is 59.3 Å². The third-order valence-corrected chi connectivity index (χ3v) is 16.4. The minimum atomic E-state index is -0.265. The molecule has 0 saturated heterocycles. The van der Waals surface area contributed by atoms with E-state index in [9.17, 15) is 0 Å². The van der Waals surface area contributed by atoms with E-state index in [0.717, 1.165) is 28.0 Å². The van der Waals surface area contributed by atoms with Crippen LogP contribution >= 0.6 is 0 Å². The van der Waals surface area contributed by atoms with Crippen molar-refractivity contribution < 1.29 is 4.42 Å². The van der Waals surface area contributed by atoms with Crippen molar-refractivity contribution in [1.82, 2.24) is 5.32 Å². The Kier molecular flexibility index (Phi) is 19.8. The molecule has 6 aromatic rings. The number of hydrogen-bond donors (Lipinski definition) is 2. The molecule has 81 heavy (non-hydrogen) atoms. The Morgan fingerprint density at radius 3 is 1.96 bits per heavy atom. The van der Waals surface area contributed by atoms with Gasteiger partial charge in [0.25, 0.3) is 6.71 Å². The number of rotatable bonds is 19. The van der Waals surface area contributed by atoms with E-state index in [4.69, 9.17) is 4.42 Å². The van der Waals surface area contributed by atoms with Crippen LogP contribution < -0.4 is 26.7 Å². The van der Waals surface area contributed by atoms with Gasteiger partial charge in [0.2, 0.25) is 0 Å². The summed E-state index contributed by atoms with van der Waals surface area (Å²) in [6, 6.07) is 45.6. The fourth-order valence-corrected chi connectivity index (χ4v) is 11.8. The number of unbranched alkanes of at least 4 members (excludes halogenated alkanes) is 1. The van der Waals surface area contributed by atoms with E-state index >= 15 is 0 Å². The molecule has 5 aromatic carbocycles. The normalized spacial score (nSPS) is 15.7. The summed E-state index contributed by atoms with van der Waals surface area (Å²) in [5, 5.41) is 9.79. The van der Waals surface area contributed by atoms with Crippen LogP contribution in [-0.4, -0.2) is 25.8 Å². The molecule has 4 nitrogen and oxygen atoms in total. The van der Waals surface area contributed by atoms with Crippen molar-refractivity contribution in [3.8, 4) is 11.1 Å². The third kappa shape index (κ3) is 15.4. The largest absolute Gasteiger partial charge is 0.470 e. The monoisotopic (exact) mass is 1080 g/mol. The molecule has 1 aliphatic rings. The Morgan fingerprint density at radius 2 is 1.35 bits per heavy atom. The van der Waals surface area contributed by atoms with Crippen LogP contribution in [-0.2, 0) is 16.2 Å². The Morgan fingerprint density at radius 1 is 0.704 bits per heavy atom. The van der Waals surface area contributed by atoms with Gasteiger partial charge in [0.15, 0.2) is 0 Å². The maximum absolute atomic E-state index is 7.32. The van der Waals surface area contributed by atoms with Crippen LogP contribution in [0.2, 0.25) is 0 Å². The maximum atomic E-state index is 7.32. The maximum Gasteiger partial charge on any atom is 0.287 e. The molecule has 0 spiro atoms. The Hall–Kier alpha value is -6.46. The van der Waals surface area contributed by atoms with Crippen molar-refractivity contribution in [2.75, 3.05) is 23.3 Å². The number of benzene rings is 5. The first-order valence-electron chi connectivity index (χ1n) is 30.5. The first-order chi connectivity index (χ1) is 38.1. The van der Waals surface area contributed by atoms with Crippen LogP contribution in [0.4, 0.5) is 11.4 Å². The van der Waals surface area contributed by atoms with Crippen molar-refractivity contribution in [3.05, 3.63) is 214 Å². The average Bonchev–Trinajstić information content (AvgIpc) is 4.00. The van der Waals surface area contributed by atoms with Gasteiger partial charge >= 0.3 is 0 Å². The van der Waals surface area contributed by atoms with Crippen LogP contribution in [0, 0.1) is 10.8 Å². The summed E-state index contributed by atoms with van der Waals surface area (Å²) in [5.74, 6) is 0.459. The van der Waals surface area contributed by atoms with Crippen LogP contribution in [0.5, 0.6) is 0 Å². The van der Waals surface area contributed by atoms with Crippen LogP contribution in [0.3, 0.4) is 0 Å². The van der Waals surface area contributed by atoms with Crippen LogP contribution in [0.25, 0.3) is 22.1 Å². The lowest BCUT2D eigenvalue weighted by Gasteiger charge is -2.39. The zero-order valence-electron chi connectivity index (χ0n) is 53.4. The van der Waals surface area contributed by atoms with Crippen molar-refractivity contribution >= 4 is 40.2 Å². The number of allylic oxidation sites excluding steroid dienone is 7. The number of para-hydroxylation sites is 1. The Labute approximate surface area is 492 Å². The number of anilines is 2. The van der Waals surface area contributed by atoms with E-state index in [1.54, 1.807) is 0 Å². The lowest BCUT2D eigenvalue weighted by atomic mass is 9.36. The fraction of sp³-hybridized carbons (Fsp3) is 0.421. The molecule has 2 N–H and O–H groups in total. The van der Waals surface area contributed by atoms with Gasteiger partial charge in [-0.3, -0.25) is 0 Å². The number of furan rings is 1. The molecule has 0 fully saturated rings. The van der Waals surface area contributed by atoms with Gasteiger partial charge in [0.1, 0.15) is 5.58 Å². The van der Waals surface area contributed by atoms with Crippen molar-refractivity contribution in [3.63, 3.8) is 0 Å². The second kappa shape index (κ2) is 25.8. The zero-order chi connectivity index (χ0) is 59.1. The van der Waals surface area contributed by atoms with Gasteiger partial charge in [-0.25, -0.2) is 0 Å². The quantitative estimate of drug-likeness (QED) is 0.0626. The van der Waals surface area contributed by atoms with Gasteiger partial charge in [-0.15, -0.1) is 0 Å². The highest BCUT2D eigenvalue weighted by Gasteiger charge is 2.40. The number of nitrogens with zero attached hydrogens (tertiary/aromatic N) is 1. The van der Waals surface area contributed by atoms with Gasteiger partial charge in [0.05, 0.1) is 5.66 Å². The molecule has 7 rings (SSSR count). The summed E-state index contributed by atoms with van der Waals surface area (Å²) >= 11 is 0. The fourth-order valence-electron chi connectivity index (χ4n) is 11.8. The molecule has 0 radical (unpaired) electrons. The summed E-state index contributed by atoms with van der Waals surface area (Å²) in [7, 11) is 0. The smallest absolute Gasteiger partial charge is 0.287 e. The Bertz CT molecular complexity index is 3270. The predicted molar refractivity (Wildman–Crippen MR) is 357 cm³/mol. The first-order valence-corrected chi connectivity index (χ1v) is 30.5. The summed E-state index contributed by atoms with van der Waals surface area (Å²) in [5.41, 5.74) is 19.0. The second-order valence-corrected chi connectivity index (χ2v) is 28.1. The number of nitrogens with one attached hydrogen (secondary N) is 2. The molecule has 0 bridgehead atoms. The molecule has 2 unspecified atom stereocenters. The Balaban J connectivity index is 1.62. The SMILES string of the molecule is C/C=C\C=C/CN(C1=CC(NC/C=C(\C(=C/C)C(C)(C)C)C(C)(C)C)=C(B(c2ccc(C(C)CCCC)cc2)c2cc3cc(C(C)(C)C)ccc3o2)C(Nc2ccc(C(C)(C)C)cc2-c2ccccc2)C1)c1ccccc1C(C)(C)C. The van der Waals surface area contributed by atoms with Gasteiger partial charge in [-0.05, 0) is 140 Å². The molecular weight excluding hydrogens is 982 g/mol. The van der Waals surface area contributed by atoms with Gasteiger partial charge in [-0.2, -0.15) is 0 Å². The molecular formula is C76H100BN3O. The lowest BCUT2D eigenvalue weighted by Crippen LogP contribution is -2.51. The van der Waals surface area contributed by atoms with Crippen LogP contribution in [0.15, 0.2) is 196 Å². The minimum absolute atomic E-state index is 0.0216. The molecule has 0 amide bonds. The topological polar surface area (TPSA) is 40.4 Å². The minimum Gasteiger partial charge on any atom is -0.470 e. The van der Waals surface area contributed by atoms with E-state index in [1.807, 2.05) is 0 Å². The van der Waals surface area contributed by atoms with E-state index < -0.39 is 0 Å². The lowest BCUT2D eigenvalue weighted by molar-refractivity contribution is 0.444. The third-order valence-electron chi connectivity index (χ3n) is 16.4. The molecule has 0 aliphatic heterocycles. The highest BCUT2D eigenvalue weighted by Crippen LogP contribution is 2.43. The molecule has 2 atom stereocenters. The average molecular weight is 1080 g/mol. The van der Waals surface area contributed by atoms with Gasteiger partial charge in [-0.1, -0.05) is 257 Å². The highest BCUT2D eigenvalue weighted by atomic mass is 16.3. The van der Waals surface area contributed by atoms with E-state index in [1.165, 1.54) is 86.1 Å². The molecule has 5 heteroatoms.